The average molecular weight is 308 g/mol. The summed E-state index contributed by atoms with van der Waals surface area (Å²) in [6, 6.07) is 2.22. The zero-order chi connectivity index (χ0) is 15.5. The van der Waals surface area contributed by atoms with Crippen LogP contribution >= 0.6 is 0 Å². The topological polar surface area (TPSA) is 70.8 Å². The van der Waals surface area contributed by atoms with E-state index < -0.39 is 5.97 Å². The molecule has 2 fully saturated rings. The Morgan fingerprint density at radius 2 is 2.27 bits per heavy atom. The van der Waals surface area contributed by atoms with Crippen molar-refractivity contribution in [2.75, 3.05) is 39.4 Å². The molecule has 2 aliphatic heterocycles. The number of hydrogen-bond donors (Lipinski definition) is 1. The van der Waals surface area contributed by atoms with E-state index in [0.29, 0.717) is 19.1 Å². The molecule has 0 aromatic carbocycles. The summed E-state index contributed by atoms with van der Waals surface area (Å²) in [5.74, 6) is -0.402. The number of fused-ring (bicyclic) bond motifs is 3. The molecule has 0 saturated carbocycles. The van der Waals surface area contributed by atoms with Gasteiger partial charge in [0.2, 0.25) is 0 Å². The molecule has 7 nitrogen and oxygen atoms in total. The fraction of sp³-hybridized carbons (Fsp3) is 0.733. The standard InChI is InChI=1S/C15H24N4O3/c1-2-19-4-3-13(16-19)7-17-5-12-6-18(9-15(20)21)14(8-17)11-22-10-12/h3-4,12,14H,2,5-11H2,1H3,(H,20,21)/t12-,14-/m0/s1. The fourth-order valence-corrected chi connectivity index (χ4v) is 3.42. The molecule has 2 aliphatic rings. The molecular formula is C15H24N4O3. The van der Waals surface area contributed by atoms with E-state index in [1.165, 1.54) is 0 Å². The lowest BCUT2D eigenvalue weighted by Crippen LogP contribution is -2.45. The van der Waals surface area contributed by atoms with Crippen LogP contribution in [0.1, 0.15) is 12.6 Å². The Kier molecular flexibility index (Phi) is 4.75. The van der Waals surface area contributed by atoms with Crippen molar-refractivity contribution in [2.24, 2.45) is 5.92 Å². The summed E-state index contributed by atoms with van der Waals surface area (Å²) in [6.45, 7) is 7.78. The maximum absolute atomic E-state index is 11.1. The van der Waals surface area contributed by atoms with Crippen molar-refractivity contribution in [3.8, 4) is 0 Å². The minimum Gasteiger partial charge on any atom is -0.480 e. The summed E-state index contributed by atoms with van der Waals surface area (Å²) >= 11 is 0. The van der Waals surface area contributed by atoms with Crippen LogP contribution in [-0.2, 0) is 22.6 Å². The molecule has 3 heterocycles. The Morgan fingerprint density at radius 3 is 3.00 bits per heavy atom. The molecule has 3 rings (SSSR count). The molecule has 0 spiro atoms. The monoisotopic (exact) mass is 308 g/mol. The Labute approximate surface area is 130 Å². The van der Waals surface area contributed by atoms with E-state index in [-0.39, 0.29) is 12.6 Å². The van der Waals surface area contributed by atoms with Gasteiger partial charge in [-0.05, 0) is 13.0 Å². The van der Waals surface area contributed by atoms with Gasteiger partial charge in [0.15, 0.2) is 0 Å². The third-order valence-electron chi connectivity index (χ3n) is 4.40. The quantitative estimate of drug-likeness (QED) is 0.833. The van der Waals surface area contributed by atoms with Gasteiger partial charge in [0.05, 0.1) is 25.5 Å². The highest BCUT2D eigenvalue weighted by Crippen LogP contribution is 2.20. The van der Waals surface area contributed by atoms with Crippen molar-refractivity contribution in [3.05, 3.63) is 18.0 Å². The molecule has 0 aliphatic carbocycles. The molecule has 7 heteroatoms. The number of rotatable bonds is 5. The second kappa shape index (κ2) is 6.76. The summed E-state index contributed by atoms with van der Waals surface area (Å²) in [5, 5.41) is 13.7. The van der Waals surface area contributed by atoms with Gasteiger partial charge in [0, 0.05) is 50.9 Å². The number of carboxylic acids is 1. The first kappa shape index (κ1) is 15.5. The van der Waals surface area contributed by atoms with Gasteiger partial charge in [-0.15, -0.1) is 0 Å². The van der Waals surface area contributed by atoms with E-state index in [1.54, 1.807) is 0 Å². The van der Waals surface area contributed by atoms with Crippen LogP contribution in [0.15, 0.2) is 12.3 Å². The third-order valence-corrected chi connectivity index (χ3v) is 4.40. The van der Waals surface area contributed by atoms with Crippen molar-refractivity contribution >= 4 is 5.97 Å². The van der Waals surface area contributed by atoms with Gasteiger partial charge < -0.3 is 9.84 Å². The van der Waals surface area contributed by atoms with Gasteiger partial charge in [-0.1, -0.05) is 0 Å². The maximum Gasteiger partial charge on any atom is 0.317 e. The Hall–Kier alpha value is -1.44. The second-order valence-corrected chi connectivity index (χ2v) is 6.24. The van der Waals surface area contributed by atoms with Crippen LogP contribution in [-0.4, -0.2) is 76.1 Å². The molecule has 122 valence electrons. The van der Waals surface area contributed by atoms with Gasteiger partial charge in [0.25, 0.3) is 0 Å². The zero-order valence-corrected chi connectivity index (χ0v) is 13.0. The SMILES string of the molecule is CCn1ccc(CN2C[C@@H]3COC[C@H](C2)N(CC(=O)O)C3)n1. The number of nitrogens with zero attached hydrogens (tertiary/aromatic N) is 4. The van der Waals surface area contributed by atoms with Gasteiger partial charge in [-0.3, -0.25) is 19.3 Å². The molecule has 2 atom stereocenters. The first-order valence-electron chi connectivity index (χ1n) is 7.92. The zero-order valence-electron chi connectivity index (χ0n) is 13.0. The molecule has 2 bridgehead atoms. The first-order valence-corrected chi connectivity index (χ1v) is 7.92. The Balaban J connectivity index is 1.68. The highest BCUT2D eigenvalue weighted by molar-refractivity contribution is 5.69. The average Bonchev–Trinajstić information content (AvgIpc) is 2.74. The highest BCUT2D eigenvalue weighted by atomic mass is 16.5. The molecule has 22 heavy (non-hydrogen) atoms. The smallest absolute Gasteiger partial charge is 0.317 e. The number of aliphatic carboxylic acids is 1. The fourth-order valence-electron chi connectivity index (χ4n) is 3.42. The molecule has 2 saturated heterocycles. The molecule has 0 radical (unpaired) electrons. The minimum atomic E-state index is -0.763. The molecular weight excluding hydrogens is 284 g/mol. The molecule has 1 aromatic rings. The van der Waals surface area contributed by atoms with Gasteiger partial charge >= 0.3 is 5.97 Å². The van der Waals surface area contributed by atoms with Crippen molar-refractivity contribution < 1.29 is 14.6 Å². The van der Waals surface area contributed by atoms with Crippen LogP contribution in [0.5, 0.6) is 0 Å². The van der Waals surface area contributed by atoms with Gasteiger partial charge in [0.1, 0.15) is 0 Å². The lowest BCUT2D eigenvalue weighted by molar-refractivity contribution is -0.139. The number of hydrogen-bond acceptors (Lipinski definition) is 5. The van der Waals surface area contributed by atoms with Crippen molar-refractivity contribution in [1.82, 2.24) is 19.6 Å². The Morgan fingerprint density at radius 1 is 1.41 bits per heavy atom. The van der Waals surface area contributed by atoms with Crippen molar-refractivity contribution in [2.45, 2.75) is 26.1 Å². The Bertz CT molecular complexity index is 519. The summed E-state index contributed by atoms with van der Waals surface area (Å²) < 4.78 is 7.65. The number of carbonyl (C=O) groups is 1. The van der Waals surface area contributed by atoms with Gasteiger partial charge in [-0.2, -0.15) is 5.10 Å². The van der Waals surface area contributed by atoms with Crippen LogP contribution in [0.4, 0.5) is 0 Å². The lowest BCUT2D eigenvalue weighted by Gasteiger charge is -2.30. The van der Waals surface area contributed by atoms with E-state index in [9.17, 15) is 4.79 Å². The van der Waals surface area contributed by atoms with E-state index in [2.05, 4.69) is 27.9 Å². The lowest BCUT2D eigenvalue weighted by atomic mass is 10.1. The molecule has 1 aromatic heterocycles. The van der Waals surface area contributed by atoms with Crippen LogP contribution in [0, 0.1) is 5.92 Å². The number of ether oxygens (including phenoxy) is 1. The van der Waals surface area contributed by atoms with Crippen molar-refractivity contribution in [1.29, 1.82) is 0 Å². The minimum absolute atomic E-state index is 0.100. The molecule has 0 unspecified atom stereocenters. The largest absolute Gasteiger partial charge is 0.480 e. The van der Waals surface area contributed by atoms with E-state index in [0.717, 1.165) is 38.4 Å². The molecule has 0 amide bonds. The number of aryl methyl sites for hydroxylation is 1. The predicted octanol–water partition coefficient (Wildman–Crippen LogP) is 0.120. The summed E-state index contributed by atoms with van der Waals surface area (Å²) in [6.07, 6.45) is 2.01. The van der Waals surface area contributed by atoms with Crippen LogP contribution in [0.25, 0.3) is 0 Å². The molecule has 1 N–H and O–H groups in total. The van der Waals surface area contributed by atoms with E-state index >= 15 is 0 Å². The highest BCUT2D eigenvalue weighted by Gasteiger charge is 2.34. The van der Waals surface area contributed by atoms with E-state index in [1.807, 2.05) is 10.9 Å². The number of aromatic nitrogens is 2. The third kappa shape index (κ3) is 3.66. The van der Waals surface area contributed by atoms with Crippen LogP contribution in [0.2, 0.25) is 0 Å². The summed E-state index contributed by atoms with van der Waals surface area (Å²) in [4.78, 5) is 15.5. The normalized spacial score (nSPS) is 26.8. The maximum atomic E-state index is 11.1. The summed E-state index contributed by atoms with van der Waals surface area (Å²) in [5.41, 5.74) is 1.08. The first-order chi connectivity index (χ1) is 10.6. The predicted molar refractivity (Wildman–Crippen MR) is 80.5 cm³/mol. The van der Waals surface area contributed by atoms with E-state index in [4.69, 9.17) is 9.84 Å². The summed E-state index contributed by atoms with van der Waals surface area (Å²) in [7, 11) is 0. The van der Waals surface area contributed by atoms with Crippen LogP contribution < -0.4 is 0 Å². The number of carboxylic acid groups (broad SMARTS) is 1. The van der Waals surface area contributed by atoms with Crippen LogP contribution in [0.3, 0.4) is 0 Å². The second-order valence-electron chi connectivity index (χ2n) is 6.24. The van der Waals surface area contributed by atoms with Gasteiger partial charge in [-0.25, -0.2) is 0 Å². The van der Waals surface area contributed by atoms with Crippen molar-refractivity contribution in [3.63, 3.8) is 0 Å².